The Hall–Kier alpha value is -3.07. The van der Waals surface area contributed by atoms with Gasteiger partial charge in [0.05, 0.1) is 24.9 Å². The Kier molecular flexibility index (Phi) is 6.49. The quantitative estimate of drug-likeness (QED) is 0.281. The summed E-state index contributed by atoms with van der Waals surface area (Å²) in [6.07, 6.45) is 6.41. The van der Waals surface area contributed by atoms with Crippen molar-refractivity contribution in [2.24, 2.45) is 0 Å². The maximum Gasteiger partial charge on any atom is 0.217 e. The Labute approximate surface area is 231 Å². The number of hydrogen-bond donors (Lipinski definition) is 0. The first kappa shape index (κ1) is 24.9. The van der Waals surface area contributed by atoms with Gasteiger partial charge in [-0.3, -0.25) is 4.90 Å². The Bertz CT molecular complexity index is 1550. The molecule has 9 heteroatoms. The van der Waals surface area contributed by atoms with E-state index in [0.717, 1.165) is 79.2 Å². The first-order valence-corrected chi connectivity index (χ1v) is 14.1. The highest BCUT2D eigenvalue weighted by atomic mass is 35.5. The number of aromatic nitrogens is 4. The molecule has 202 valence electrons. The molecule has 1 atom stereocenters. The number of nitrogens with zero attached hydrogens (tertiary/aromatic N) is 5. The maximum absolute atomic E-state index is 14.4. The van der Waals surface area contributed by atoms with E-state index >= 15 is 0 Å². The van der Waals surface area contributed by atoms with Gasteiger partial charge in [0, 0.05) is 42.0 Å². The van der Waals surface area contributed by atoms with Crippen molar-refractivity contribution in [3.63, 3.8) is 0 Å². The molecule has 1 aliphatic carbocycles. The lowest BCUT2D eigenvalue weighted by Gasteiger charge is -2.30. The Morgan fingerprint density at radius 2 is 2.03 bits per heavy atom. The number of hydrogen-bond acceptors (Lipinski definition) is 6. The van der Waals surface area contributed by atoms with Crippen molar-refractivity contribution in [2.45, 2.75) is 70.9 Å². The lowest BCUT2D eigenvalue weighted by Crippen LogP contribution is -2.34. The number of benzene rings is 1. The molecule has 3 aliphatic rings. The molecule has 5 heterocycles. The lowest BCUT2D eigenvalue weighted by atomic mass is 10.0. The molecule has 0 amide bonds. The molecule has 0 N–H and O–H groups in total. The fourth-order valence-electron chi connectivity index (χ4n) is 5.54. The minimum atomic E-state index is -0.362. The van der Waals surface area contributed by atoms with Gasteiger partial charge in [0.25, 0.3) is 0 Å². The van der Waals surface area contributed by atoms with Crippen LogP contribution < -0.4 is 4.74 Å². The van der Waals surface area contributed by atoms with E-state index in [4.69, 9.17) is 36.0 Å². The normalized spacial score (nSPS) is 19.2. The molecule has 1 aromatic carbocycles. The van der Waals surface area contributed by atoms with Gasteiger partial charge in [0.1, 0.15) is 23.8 Å². The van der Waals surface area contributed by atoms with E-state index in [-0.39, 0.29) is 18.5 Å². The molecule has 1 saturated carbocycles. The number of fused-ring (bicyclic) bond motifs is 2. The van der Waals surface area contributed by atoms with Crippen molar-refractivity contribution in [1.29, 1.82) is 0 Å². The Morgan fingerprint density at radius 1 is 1.15 bits per heavy atom. The van der Waals surface area contributed by atoms with Gasteiger partial charge in [0.15, 0.2) is 5.65 Å². The summed E-state index contributed by atoms with van der Waals surface area (Å²) in [6.45, 7) is 6.12. The summed E-state index contributed by atoms with van der Waals surface area (Å²) in [5, 5.41) is 0.376. The van der Waals surface area contributed by atoms with Gasteiger partial charge in [-0.05, 0) is 73.9 Å². The second-order valence-corrected chi connectivity index (χ2v) is 11.5. The predicted octanol–water partition coefficient (Wildman–Crippen LogP) is 5.73. The zero-order valence-corrected chi connectivity index (χ0v) is 22.8. The van der Waals surface area contributed by atoms with Crippen LogP contribution in [-0.4, -0.2) is 43.7 Å². The number of pyridine rings is 2. The van der Waals surface area contributed by atoms with Crippen LogP contribution in [0.3, 0.4) is 0 Å². The second kappa shape index (κ2) is 10.2. The molecular weight excluding hydrogens is 517 g/mol. The third kappa shape index (κ3) is 5.13. The minimum Gasteiger partial charge on any atom is -0.472 e. The van der Waals surface area contributed by atoms with Gasteiger partial charge in [-0.1, -0.05) is 17.7 Å². The van der Waals surface area contributed by atoms with E-state index in [0.29, 0.717) is 35.5 Å². The van der Waals surface area contributed by atoms with Gasteiger partial charge in [-0.2, -0.15) is 0 Å². The Morgan fingerprint density at radius 3 is 2.79 bits per heavy atom. The summed E-state index contributed by atoms with van der Waals surface area (Å²) < 4.78 is 28.5. The van der Waals surface area contributed by atoms with E-state index in [2.05, 4.69) is 21.6 Å². The fraction of sp³-hybridized carbons (Fsp3) is 0.433. The highest BCUT2D eigenvalue weighted by molar-refractivity contribution is 6.30. The lowest BCUT2D eigenvalue weighted by molar-refractivity contribution is -0.0592. The molecular formula is C30H31ClFN5O2. The van der Waals surface area contributed by atoms with E-state index < -0.39 is 0 Å². The van der Waals surface area contributed by atoms with E-state index in [1.165, 1.54) is 11.6 Å². The summed E-state index contributed by atoms with van der Waals surface area (Å²) in [5.41, 5.74) is 6.89. The number of ether oxygens (including phenoxy) is 2. The van der Waals surface area contributed by atoms with Crippen molar-refractivity contribution >= 4 is 22.8 Å². The molecule has 4 aromatic rings. The molecule has 3 aromatic heterocycles. The van der Waals surface area contributed by atoms with Crippen molar-refractivity contribution in [3.8, 4) is 5.88 Å². The van der Waals surface area contributed by atoms with Crippen LogP contribution >= 0.6 is 11.6 Å². The number of rotatable bonds is 8. The van der Waals surface area contributed by atoms with Crippen LogP contribution in [0.1, 0.15) is 59.0 Å². The number of imidazole rings is 1. The summed E-state index contributed by atoms with van der Waals surface area (Å²) in [5.74, 6) is 1.75. The van der Waals surface area contributed by atoms with Crippen LogP contribution in [-0.2, 0) is 37.4 Å². The third-order valence-corrected chi connectivity index (χ3v) is 8.23. The maximum atomic E-state index is 14.4. The van der Waals surface area contributed by atoms with Gasteiger partial charge in [-0.15, -0.1) is 0 Å². The Balaban J connectivity index is 1.13. The molecule has 0 bridgehead atoms. The van der Waals surface area contributed by atoms with Crippen LogP contribution in [0.25, 0.3) is 11.2 Å². The summed E-state index contributed by atoms with van der Waals surface area (Å²) in [7, 11) is 0. The first-order valence-electron chi connectivity index (χ1n) is 13.8. The predicted molar refractivity (Wildman–Crippen MR) is 146 cm³/mol. The van der Waals surface area contributed by atoms with Crippen molar-refractivity contribution in [1.82, 2.24) is 24.4 Å². The highest BCUT2D eigenvalue weighted by Gasteiger charge is 2.31. The third-order valence-electron chi connectivity index (χ3n) is 8.00. The monoisotopic (exact) mass is 547 g/mol. The molecule has 7 nitrogen and oxygen atoms in total. The second-order valence-electron chi connectivity index (χ2n) is 11.0. The van der Waals surface area contributed by atoms with E-state index in [1.54, 1.807) is 12.1 Å². The van der Waals surface area contributed by atoms with Gasteiger partial charge in [0.2, 0.25) is 5.88 Å². The molecule has 7 rings (SSSR count). The molecule has 2 aliphatic heterocycles. The van der Waals surface area contributed by atoms with Crippen LogP contribution in [0.5, 0.6) is 5.88 Å². The van der Waals surface area contributed by atoms with Crippen molar-refractivity contribution in [3.05, 3.63) is 81.1 Å². The van der Waals surface area contributed by atoms with Crippen LogP contribution in [0.2, 0.25) is 5.02 Å². The first-order chi connectivity index (χ1) is 19.0. The molecule has 0 unspecified atom stereocenters. The fourth-order valence-corrected chi connectivity index (χ4v) is 5.70. The largest absolute Gasteiger partial charge is 0.472 e. The molecule has 0 spiro atoms. The number of aryl methyl sites for hydroxylation is 1. The van der Waals surface area contributed by atoms with Gasteiger partial charge < -0.3 is 14.0 Å². The topological polar surface area (TPSA) is 65.3 Å². The zero-order valence-electron chi connectivity index (χ0n) is 22.0. The van der Waals surface area contributed by atoms with E-state index in [1.807, 2.05) is 13.1 Å². The zero-order chi connectivity index (χ0) is 26.5. The van der Waals surface area contributed by atoms with Crippen LogP contribution in [0.4, 0.5) is 4.39 Å². The van der Waals surface area contributed by atoms with Crippen LogP contribution in [0, 0.1) is 12.7 Å². The minimum absolute atomic E-state index is 0.123. The average molecular weight is 548 g/mol. The molecule has 0 radical (unpaired) electrons. The summed E-state index contributed by atoms with van der Waals surface area (Å²) in [4.78, 5) is 17.1. The molecule has 39 heavy (non-hydrogen) atoms. The van der Waals surface area contributed by atoms with Gasteiger partial charge in [-0.25, -0.2) is 19.3 Å². The van der Waals surface area contributed by atoms with Gasteiger partial charge >= 0.3 is 0 Å². The standard InChI is InChI=1S/C30H31ClFN5O2/c1-18-10-26-29(33-13-18)37(14-23-7-9-38-23)28(34-26)16-36-8-6-20-11-24(19-2-3-19)30(35-27(20)15-36)39-17-21-4-5-22(31)12-25(21)32/h4-5,10-13,19,23H,2-3,6-9,14-17H2,1H3/t23-/m0/s1. The number of halogens is 2. The summed E-state index contributed by atoms with van der Waals surface area (Å²) in [6, 6.07) is 9.06. The van der Waals surface area contributed by atoms with Crippen molar-refractivity contribution in [2.75, 3.05) is 13.2 Å². The van der Waals surface area contributed by atoms with Crippen molar-refractivity contribution < 1.29 is 13.9 Å². The SMILES string of the molecule is Cc1cnc2c(c1)nc(CN1CCc3cc(C4CC4)c(OCc4ccc(Cl)cc4F)nc3C1)n2C[C@@H]1CCO1. The molecule has 2 fully saturated rings. The molecule has 1 saturated heterocycles. The van der Waals surface area contributed by atoms with E-state index in [9.17, 15) is 4.39 Å². The highest BCUT2D eigenvalue weighted by Crippen LogP contribution is 2.45. The summed E-state index contributed by atoms with van der Waals surface area (Å²) >= 11 is 5.92. The smallest absolute Gasteiger partial charge is 0.217 e. The average Bonchev–Trinajstić information content (AvgIpc) is 3.68. The van der Waals surface area contributed by atoms with Crippen LogP contribution in [0.15, 0.2) is 36.5 Å².